The minimum absolute atomic E-state index is 0.115. The maximum Gasteiger partial charge on any atom is 0.408 e. The number of hydrogen-bond donors (Lipinski definition) is 2. The Bertz CT molecular complexity index is 538. The molecule has 2 N–H and O–H groups in total. The first-order valence-corrected chi connectivity index (χ1v) is 7.10. The lowest BCUT2D eigenvalue weighted by Gasteiger charge is -2.19. The number of aromatic nitrogens is 2. The molecule has 5 nitrogen and oxygen atoms in total. The SMILES string of the molecule is CC(C)C[C@H](NC(=O)OCc1ccccc1)c1cnc[nH]1. The summed E-state index contributed by atoms with van der Waals surface area (Å²) in [5, 5.41) is 2.89. The molecule has 0 bridgehead atoms. The number of carbonyl (C=O) groups excluding carboxylic acids is 1. The highest BCUT2D eigenvalue weighted by atomic mass is 16.5. The van der Waals surface area contributed by atoms with Gasteiger partial charge in [-0.05, 0) is 17.9 Å². The number of nitrogens with zero attached hydrogens (tertiary/aromatic N) is 1. The zero-order valence-electron chi connectivity index (χ0n) is 12.4. The summed E-state index contributed by atoms with van der Waals surface area (Å²) in [7, 11) is 0. The average Bonchev–Trinajstić information content (AvgIpc) is 2.99. The van der Waals surface area contributed by atoms with Gasteiger partial charge in [-0.1, -0.05) is 44.2 Å². The Kier molecular flexibility index (Phi) is 5.37. The van der Waals surface area contributed by atoms with Crippen LogP contribution in [-0.2, 0) is 11.3 Å². The van der Waals surface area contributed by atoms with Gasteiger partial charge in [-0.25, -0.2) is 9.78 Å². The van der Waals surface area contributed by atoms with Gasteiger partial charge in [0.25, 0.3) is 0 Å². The third-order valence-electron chi connectivity index (χ3n) is 3.11. The van der Waals surface area contributed by atoms with E-state index in [-0.39, 0.29) is 12.6 Å². The van der Waals surface area contributed by atoms with Gasteiger partial charge >= 0.3 is 6.09 Å². The molecule has 0 saturated heterocycles. The molecule has 0 radical (unpaired) electrons. The van der Waals surface area contributed by atoms with Gasteiger partial charge in [0.1, 0.15) is 6.61 Å². The lowest BCUT2D eigenvalue weighted by molar-refractivity contribution is 0.134. The minimum Gasteiger partial charge on any atom is -0.445 e. The van der Waals surface area contributed by atoms with Crippen molar-refractivity contribution >= 4 is 6.09 Å². The summed E-state index contributed by atoms with van der Waals surface area (Å²) in [5.41, 5.74) is 1.86. The first-order chi connectivity index (χ1) is 10.1. The first-order valence-electron chi connectivity index (χ1n) is 7.10. The topological polar surface area (TPSA) is 67.0 Å². The molecule has 5 heteroatoms. The third kappa shape index (κ3) is 4.95. The summed E-state index contributed by atoms with van der Waals surface area (Å²) in [5.74, 6) is 0.452. The number of hydrogen-bond acceptors (Lipinski definition) is 3. The van der Waals surface area contributed by atoms with E-state index < -0.39 is 6.09 Å². The molecule has 1 atom stereocenters. The van der Waals surface area contributed by atoms with Gasteiger partial charge in [0.2, 0.25) is 0 Å². The number of benzene rings is 1. The van der Waals surface area contributed by atoms with Gasteiger partial charge in [-0.2, -0.15) is 0 Å². The van der Waals surface area contributed by atoms with Crippen LogP contribution in [-0.4, -0.2) is 16.1 Å². The Morgan fingerprint density at radius 1 is 1.33 bits per heavy atom. The van der Waals surface area contributed by atoms with Crippen LogP contribution in [0.4, 0.5) is 4.79 Å². The van der Waals surface area contributed by atoms with E-state index in [9.17, 15) is 4.79 Å². The molecular weight excluding hydrogens is 266 g/mol. The highest BCUT2D eigenvalue weighted by Gasteiger charge is 2.18. The van der Waals surface area contributed by atoms with Crippen molar-refractivity contribution in [1.82, 2.24) is 15.3 Å². The number of nitrogens with one attached hydrogen (secondary N) is 2. The number of amides is 1. The zero-order valence-corrected chi connectivity index (χ0v) is 12.4. The second-order valence-corrected chi connectivity index (χ2v) is 5.40. The standard InChI is InChI=1S/C16H21N3O2/c1-12(2)8-14(15-9-17-11-18-15)19-16(20)21-10-13-6-4-3-5-7-13/h3-7,9,11-12,14H,8,10H2,1-2H3,(H,17,18)(H,19,20)/t14-/m0/s1. The van der Waals surface area contributed by atoms with E-state index in [1.165, 1.54) is 0 Å². The van der Waals surface area contributed by atoms with E-state index >= 15 is 0 Å². The predicted molar refractivity (Wildman–Crippen MR) is 80.5 cm³/mol. The first kappa shape index (κ1) is 15.1. The van der Waals surface area contributed by atoms with E-state index in [2.05, 4.69) is 29.1 Å². The van der Waals surface area contributed by atoms with Gasteiger partial charge in [-0.15, -0.1) is 0 Å². The highest BCUT2D eigenvalue weighted by Crippen LogP contribution is 2.19. The number of imidazole rings is 1. The quantitative estimate of drug-likeness (QED) is 0.855. The van der Waals surface area contributed by atoms with Crippen LogP contribution in [0.25, 0.3) is 0 Å². The molecule has 0 aliphatic rings. The average molecular weight is 287 g/mol. The van der Waals surface area contributed by atoms with Crippen molar-refractivity contribution in [2.45, 2.75) is 32.9 Å². The van der Waals surface area contributed by atoms with Crippen LogP contribution >= 0.6 is 0 Å². The summed E-state index contributed by atoms with van der Waals surface area (Å²) >= 11 is 0. The van der Waals surface area contributed by atoms with E-state index in [0.29, 0.717) is 5.92 Å². The molecule has 1 heterocycles. The van der Waals surface area contributed by atoms with E-state index in [4.69, 9.17) is 4.74 Å². The van der Waals surface area contributed by atoms with Crippen LogP contribution in [0.2, 0.25) is 0 Å². The van der Waals surface area contributed by atoms with Crippen LogP contribution in [0.1, 0.15) is 37.6 Å². The van der Waals surface area contributed by atoms with E-state index in [1.54, 1.807) is 12.5 Å². The Morgan fingerprint density at radius 3 is 2.71 bits per heavy atom. The smallest absolute Gasteiger partial charge is 0.408 e. The summed E-state index contributed by atoms with van der Waals surface area (Å²) in [6, 6.07) is 9.50. The Morgan fingerprint density at radius 2 is 2.10 bits per heavy atom. The minimum atomic E-state index is -0.417. The fraction of sp³-hybridized carbons (Fsp3) is 0.375. The Balaban J connectivity index is 1.89. The van der Waals surface area contributed by atoms with Crippen molar-refractivity contribution in [1.29, 1.82) is 0 Å². The van der Waals surface area contributed by atoms with Crippen LogP contribution in [0.5, 0.6) is 0 Å². The molecule has 0 spiro atoms. The highest BCUT2D eigenvalue weighted by molar-refractivity contribution is 5.67. The molecule has 0 aliphatic carbocycles. The number of rotatable bonds is 6. The summed E-state index contributed by atoms with van der Waals surface area (Å²) in [6.07, 6.45) is 3.74. The molecular formula is C16H21N3O2. The predicted octanol–water partition coefficient (Wildman–Crippen LogP) is 3.42. The van der Waals surface area contributed by atoms with Gasteiger partial charge in [-0.3, -0.25) is 0 Å². The van der Waals surface area contributed by atoms with Crippen molar-refractivity contribution in [2.75, 3.05) is 0 Å². The van der Waals surface area contributed by atoms with Gasteiger partial charge < -0.3 is 15.0 Å². The van der Waals surface area contributed by atoms with Crippen LogP contribution in [0.3, 0.4) is 0 Å². The number of H-pyrrole nitrogens is 1. The van der Waals surface area contributed by atoms with Crippen molar-refractivity contribution in [3.63, 3.8) is 0 Å². The third-order valence-corrected chi connectivity index (χ3v) is 3.11. The number of ether oxygens (including phenoxy) is 1. The molecule has 1 aromatic heterocycles. The van der Waals surface area contributed by atoms with Gasteiger partial charge in [0.05, 0.1) is 24.3 Å². The Hall–Kier alpha value is -2.30. The molecule has 1 aromatic carbocycles. The number of aromatic amines is 1. The maximum atomic E-state index is 11.9. The van der Waals surface area contributed by atoms with Crippen molar-refractivity contribution in [3.05, 3.63) is 54.1 Å². The molecule has 1 amide bonds. The lowest BCUT2D eigenvalue weighted by Crippen LogP contribution is -2.30. The number of alkyl carbamates (subject to hydrolysis) is 1. The maximum absolute atomic E-state index is 11.9. The van der Waals surface area contributed by atoms with Crippen molar-refractivity contribution < 1.29 is 9.53 Å². The fourth-order valence-corrected chi connectivity index (χ4v) is 2.10. The van der Waals surface area contributed by atoms with Crippen LogP contribution in [0.15, 0.2) is 42.9 Å². The Labute approximate surface area is 124 Å². The molecule has 0 unspecified atom stereocenters. The summed E-state index contributed by atoms with van der Waals surface area (Å²) in [6.45, 7) is 4.49. The summed E-state index contributed by atoms with van der Waals surface area (Å²) < 4.78 is 5.25. The second-order valence-electron chi connectivity index (χ2n) is 5.40. The monoisotopic (exact) mass is 287 g/mol. The lowest BCUT2D eigenvalue weighted by atomic mass is 10.0. The van der Waals surface area contributed by atoms with Gasteiger partial charge in [0, 0.05) is 0 Å². The van der Waals surface area contributed by atoms with E-state index in [1.807, 2.05) is 30.3 Å². The van der Waals surface area contributed by atoms with Crippen molar-refractivity contribution in [3.8, 4) is 0 Å². The molecule has 2 aromatic rings. The zero-order chi connectivity index (χ0) is 15.1. The fourth-order valence-electron chi connectivity index (χ4n) is 2.10. The number of carbonyl (C=O) groups is 1. The molecule has 0 aliphatic heterocycles. The van der Waals surface area contributed by atoms with Gasteiger partial charge in [0.15, 0.2) is 0 Å². The van der Waals surface area contributed by atoms with Crippen LogP contribution < -0.4 is 5.32 Å². The summed E-state index contributed by atoms with van der Waals surface area (Å²) in [4.78, 5) is 19.0. The molecule has 21 heavy (non-hydrogen) atoms. The van der Waals surface area contributed by atoms with Crippen LogP contribution in [0, 0.1) is 5.92 Å². The molecule has 2 rings (SSSR count). The molecule has 0 saturated carbocycles. The molecule has 112 valence electrons. The largest absolute Gasteiger partial charge is 0.445 e. The van der Waals surface area contributed by atoms with Crippen molar-refractivity contribution in [2.24, 2.45) is 5.92 Å². The van der Waals surface area contributed by atoms with E-state index in [0.717, 1.165) is 17.7 Å². The normalized spacial score (nSPS) is 12.1. The second kappa shape index (κ2) is 7.47. The molecule has 0 fully saturated rings.